The van der Waals surface area contributed by atoms with Crippen molar-refractivity contribution in [2.45, 2.75) is 6.92 Å². The van der Waals surface area contributed by atoms with E-state index >= 15 is 0 Å². The van der Waals surface area contributed by atoms with E-state index < -0.39 is 5.97 Å². The second kappa shape index (κ2) is 8.28. The fourth-order valence-electron chi connectivity index (χ4n) is 2.36. The van der Waals surface area contributed by atoms with Crippen molar-refractivity contribution >= 4 is 46.3 Å². The van der Waals surface area contributed by atoms with Gasteiger partial charge in [-0.2, -0.15) is 5.10 Å². The summed E-state index contributed by atoms with van der Waals surface area (Å²) in [5.41, 5.74) is 1.33. The highest BCUT2D eigenvalue weighted by atomic mass is 35.5. The summed E-state index contributed by atoms with van der Waals surface area (Å²) in [7, 11) is 0. The SMILES string of the molecule is CCOC(=O)c1cnn2ccc(NC(=O)COc3ccc(Cl)cc3Cl)cc12. The number of pyridine rings is 1. The van der Waals surface area contributed by atoms with Crippen LogP contribution in [0, 0.1) is 0 Å². The van der Waals surface area contributed by atoms with E-state index in [0.717, 1.165) is 0 Å². The Morgan fingerprint density at radius 2 is 2.04 bits per heavy atom. The Kier molecular flexibility index (Phi) is 5.83. The third-order valence-corrected chi connectivity index (χ3v) is 4.08. The van der Waals surface area contributed by atoms with Crippen LogP contribution in [0.15, 0.2) is 42.7 Å². The van der Waals surface area contributed by atoms with Crippen LogP contribution in [0.4, 0.5) is 5.69 Å². The van der Waals surface area contributed by atoms with Gasteiger partial charge in [0.25, 0.3) is 5.91 Å². The summed E-state index contributed by atoms with van der Waals surface area (Å²) in [6.07, 6.45) is 3.05. The lowest BCUT2D eigenvalue weighted by molar-refractivity contribution is -0.118. The van der Waals surface area contributed by atoms with Crippen molar-refractivity contribution in [1.82, 2.24) is 9.61 Å². The highest BCUT2D eigenvalue weighted by molar-refractivity contribution is 6.35. The lowest BCUT2D eigenvalue weighted by atomic mass is 10.2. The Bertz CT molecular complexity index is 1000. The Labute approximate surface area is 164 Å². The third kappa shape index (κ3) is 4.50. The van der Waals surface area contributed by atoms with Crippen molar-refractivity contribution in [3.63, 3.8) is 0 Å². The van der Waals surface area contributed by atoms with Crippen molar-refractivity contribution < 1.29 is 19.1 Å². The van der Waals surface area contributed by atoms with E-state index in [0.29, 0.717) is 32.6 Å². The van der Waals surface area contributed by atoms with E-state index in [1.807, 2.05) is 0 Å². The minimum atomic E-state index is -0.475. The normalized spacial score (nSPS) is 10.6. The zero-order chi connectivity index (χ0) is 19.4. The van der Waals surface area contributed by atoms with Gasteiger partial charge in [0.15, 0.2) is 6.61 Å². The number of esters is 1. The molecule has 2 heterocycles. The number of halogens is 2. The van der Waals surface area contributed by atoms with Crippen molar-refractivity contribution in [3.05, 3.63) is 58.3 Å². The predicted molar refractivity (Wildman–Crippen MR) is 102 cm³/mol. The molecule has 0 radical (unpaired) electrons. The van der Waals surface area contributed by atoms with Crippen LogP contribution in [0.25, 0.3) is 5.52 Å². The molecule has 0 saturated carbocycles. The van der Waals surface area contributed by atoms with Gasteiger partial charge in [-0.05, 0) is 37.3 Å². The molecule has 0 fully saturated rings. The van der Waals surface area contributed by atoms with Gasteiger partial charge >= 0.3 is 5.97 Å². The second-order valence-corrected chi connectivity index (χ2v) is 6.28. The number of carbonyl (C=O) groups excluding carboxylic acids is 2. The highest BCUT2D eigenvalue weighted by Crippen LogP contribution is 2.27. The molecule has 0 saturated heterocycles. The van der Waals surface area contributed by atoms with E-state index in [1.165, 1.54) is 16.8 Å². The largest absolute Gasteiger partial charge is 0.482 e. The molecule has 7 nitrogen and oxygen atoms in total. The van der Waals surface area contributed by atoms with Crippen LogP contribution in [0.3, 0.4) is 0 Å². The summed E-state index contributed by atoms with van der Waals surface area (Å²) in [4.78, 5) is 24.1. The number of ether oxygens (including phenoxy) is 2. The van der Waals surface area contributed by atoms with Crippen LogP contribution in [-0.2, 0) is 9.53 Å². The van der Waals surface area contributed by atoms with Gasteiger partial charge in [0.1, 0.15) is 11.3 Å². The maximum atomic E-state index is 12.1. The summed E-state index contributed by atoms with van der Waals surface area (Å²) in [5, 5.41) is 7.57. The molecule has 140 valence electrons. The van der Waals surface area contributed by atoms with Gasteiger partial charge in [-0.3, -0.25) is 4.79 Å². The van der Waals surface area contributed by atoms with E-state index in [1.54, 1.807) is 37.4 Å². The molecule has 0 aliphatic carbocycles. The number of aromatic nitrogens is 2. The minimum Gasteiger partial charge on any atom is -0.482 e. The van der Waals surface area contributed by atoms with Crippen molar-refractivity contribution in [3.8, 4) is 5.75 Å². The number of anilines is 1. The zero-order valence-electron chi connectivity index (χ0n) is 14.2. The van der Waals surface area contributed by atoms with E-state index in [2.05, 4.69) is 10.4 Å². The number of rotatable bonds is 6. The summed E-state index contributed by atoms with van der Waals surface area (Å²) in [6.45, 7) is 1.75. The average molecular weight is 408 g/mol. The smallest absolute Gasteiger partial charge is 0.341 e. The summed E-state index contributed by atoms with van der Waals surface area (Å²) in [6, 6.07) is 8.02. The Morgan fingerprint density at radius 1 is 1.22 bits per heavy atom. The predicted octanol–water partition coefficient (Wildman–Crippen LogP) is 3.84. The molecule has 0 bridgehead atoms. The molecule has 1 N–H and O–H groups in total. The molecule has 0 unspecified atom stereocenters. The van der Waals surface area contributed by atoms with Gasteiger partial charge in [0.05, 0.1) is 23.3 Å². The van der Waals surface area contributed by atoms with Gasteiger partial charge in [0, 0.05) is 16.9 Å². The number of amides is 1. The van der Waals surface area contributed by atoms with Crippen LogP contribution in [0.5, 0.6) is 5.75 Å². The number of benzene rings is 1. The average Bonchev–Trinajstić information content (AvgIpc) is 3.04. The number of fused-ring (bicyclic) bond motifs is 1. The molecule has 27 heavy (non-hydrogen) atoms. The molecule has 0 spiro atoms. The second-order valence-electron chi connectivity index (χ2n) is 5.44. The molecular weight excluding hydrogens is 393 g/mol. The first-order chi connectivity index (χ1) is 13.0. The maximum Gasteiger partial charge on any atom is 0.341 e. The van der Waals surface area contributed by atoms with Crippen molar-refractivity contribution in [2.24, 2.45) is 0 Å². The summed E-state index contributed by atoms with van der Waals surface area (Å²) < 4.78 is 11.9. The Morgan fingerprint density at radius 3 is 2.78 bits per heavy atom. The van der Waals surface area contributed by atoms with Gasteiger partial charge in [-0.15, -0.1) is 0 Å². The molecule has 2 aromatic heterocycles. The van der Waals surface area contributed by atoms with E-state index in [9.17, 15) is 9.59 Å². The molecule has 9 heteroatoms. The van der Waals surface area contributed by atoms with Crippen LogP contribution >= 0.6 is 23.2 Å². The van der Waals surface area contributed by atoms with Crippen LogP contribution < -0.4 is 10.1 Å². The van der Waals surface area contributed by atoms with Crippen molar-refractivity contribution in [1.29, 1.82) is 0 Å². The first-order valence-corrected chi connectivity index (χ1v) is 8.75. The molecular formula is C18H15Cl2N3O4. The Balaban J connectivity index is 1.69. The topological polar surface area (TPSA) is 81.9 Å². The molecule has 0 aliphatic heterocycles. The number of carbonyl (C=O) groups is 2. The van der Waals surface area contributed by atoms with Crippen molar-refractivity contribution in [2.75, 3.05) is 18.5 Å². The monoisotopic (exact) mass is 407 g/mol. The molecule has 0 aliphatic rings. The summed E-state index contributed by atoms with van der Waals surface area (Å²) in [5.74, 6) is -0.508. The number of nitrogens with one attached hydrogen (secondary N) is 1. The quantitative estimate of drug-likeness (QED) is 0.627. The van der Waals surface area contributed by atoms with Gasteiger partial charge in [0.2, 0.25) is 0 Å². The molecule has 3 aromatic rings. The maximum absolute atomic E-state index is 12.1. The number of hydrogen-bond acceptors (Lipinski definition) is 5. The first kappa shape index (κ1) is 19.0. The van der Waals surface area contributed by atoms with Crippen LogP contribution in [-0.4, -0.2) is 34.7 Å². The summed E-state index contributed by atoms with van der Waals surface area (Å²) >= 11 is 11.8. The highest BCUT2D eigenvalue weighted by Gasteiger charge is 2.15. The van der Waals surface area contributed by atoms with Gasteiger partial charge in [-0.25, -0.2) is 9.31 Å². The van der Waals surface area contributed by atoms with Crippen LogP contribution in [0.2, 0.25) is 10.0 Å². The zero-order valence-corrected chi connectivity index (χ0v) is 15.8. The molecule has 0 atom stereocenters. The third-order valence-electron chi connectivity index (χ3n) is 3.55. The number of nitrogens with zero attached hydrogens (tertiary/aromatic N) is 2. The van der Waals surface area contributed by atoms with E-state index in [-0.39, 0.29) is 19.1 Å². The van der Waals surface area contributed by atoms with Crippen LogP contribution in [0.1, 0.15) is 17.3 Å². The Hall–Kier alpha value is -2.77. The fourth-order valence-corrected chi connectivity index (χ4v) is 2.82. The first-order valence-electron chi connectivity index (χ1n) is 8.00. The lowest BCUT2D eigenvalue weighted by Crippen LogP contribution is -2.20. The van der Waals surface area contributed by atoms with Gasteiger partial charge < -0.3 is 14.8 Å². The van der Waals surface area contributed by atoms with Gasteiger partial charge in [-0.1, -0.05) is 23.2 Å². The van der Waals surface area contributed by atoms with E-state index in [4.69, 9.17) is 32.7 Å². The number of hydrogen-bond donors (Lipinski definition) is 1. The standard InChI is InChI=1S/C18H15Cl2N3O4/c1-2-26-18(25)13-9-21-23-6-5-12(8-15(13)23)22-17(24)10-27-16-4-3-11(19)7-14(16)20/h3-9H,2,10H2,1H3,(H,22,24). The molecule has 1 amide bonds. The fraction of sp³-hybridized carbons (Fsp3) is 0.167. The molecule has 1 aromatic carbocycles. The lowest BCUT2D eigenvalue weighted by Gasteiger charge is -2.09. The minimum absolute atomic E-state index is 0.240. The molecule has 3 rings (SSSR count).